The van der Waals surface area contributed by atoms with Crippen LogP contribution >= 0.6 is 0 Å². The molecule has 18 heavy (non-hydrogen) atoms. The van der Waals surface area contributed by atoms with Crippen LogP contribution in [0.5, 0.6) is 0 Å². The van der Waals surface area contributed by atoms with Crippen LogP contribution in [-0.2, 0) is 12.8 Å². The summed E-state index contributed by atoms with van der Waals surface area (Å²) in [6.45, 7) is 4.66. The number of rotatable bonds is 4. The average Bonchev–Trinajstić information content (AvgIpc) is 2.82. The second kappa shape index (κ2) is 5.53. The number of amides is 1. The van der Waals surface area contributed by atoms with E-state index in [0.717, 1.165) is 18.4 Å². The number of benzene rings is 1. The van der Waals surface area contributed by atoms with Crippen molar-refractivity contribution in [2.24, 2.45) is 11.7 Å². The Morgan fingerprint density at radius 2 is 2.06 bits per heavy atom. The highest BCUT2D eigenvalue weighted by Crippen LogP contribution is 2.22. The number of hydrogen-bond acceptors (Lipinski definition) is 2. The van der Waals surface area contributed by atoms with Crippen LogP contribution in [0.4, 0.5) is 0 Å². The lowest BCUT2D eigenvalue weighted by atomic mass is 10.0. The van der Waals surface area contributed by atoms with Crippen LogP contribution in [0.2, 0.25) is 0 Å². The van der Waals surface area contributed by atoms with Crippen molar-refractivity contribution in [3.8, 4) is 0 Å². The molecule has 1 aromatic rings. The summed E-state index contributed by atoms with van der Waals surface area (Å²) in [5.74, 6) is 0.367. The van der Waals surface area contributed by atoms with Gasteiger partial charge in [-0.2, -0.15) is 0 Å². The summed E-state index contributed by atoms with van der Waals surface area (Å²) in [6.07, 6.45) is 3.45. The summed E-state index contributed by atoms with van der Waals surface area (Å²) in [5, 5.41) is 2.91. The first-order valence-corrected chi connectivity index (χ1v) is 6.73. The van der Waals surface area contributed by atoms with Gasteiger partial charge in [0.1, 0.15) is 0 Å². The van der Waals surface area contributed by atoms with E-state index in [2.05, 4.69) is 25.2 Å². The van der Waals surface area contributed by atoms with E-state index in [-0.39, 0.29) is 11.9 Å². The number of carbonyl (C=O) groups excluding carboxylic acids is 1. The van der Waals surface area contributed by atoms with Gasteiger partial charge < -0.3 is 11.1 Å². The van der Waals surface area contributed by atoms with Crippen molar-refractivity contribution in [3.63, 3.8) is 0 Å². The lowest BCUT2D eigenvalue weighted by Crippen LogP contribution is -2.40. The Balaban J connectivity index is 1.97. The summed E-state index contributed by atoms with van der Waals surface area (Å²) in [4.78, 5) is 12.0. The smallest absolute Gasteiger partial charge is 0.251 e. The fourth-order valence-electron chi connectivity index (χ4n) is 2.26. The van der Waals surface area contributed by atoms with Crippen LogP contribution in [0.15, 0.2) is 18.2 Å². The highest BCUT2D eigenvalue weighted by molar-refractivity contribution is 5.94. The van der Waals surface area contributed by atoms with Gasteiger partial charge in [-0.05, 0) is 48.4 Å². The first kappa shape index (κ1) is 13.1. The monoisotopic (exact) mass is 246 g/mol. The molecule has 1 aliphatic rings. The maximum Gasteiger partial charge on any atom is 0.251 e. The van der Waals surface area contributed by atoms with E-state index in [9.17, 15) is 4.79 Å². The lowest BCUT2D eigenvalue weighted by molar-refractivity contribution is 0.0949. The highest BCUT2D eigenvalue weighted by atomic mass is 16.1. The number of nitrogens with two attached hydrogens (primary N) is 1. The van der Waals surface area contributed by atoms with Crippen LogP contribution in [0.25, 0.3) is 0 Å². The van der Waals surface area contributed by atoms with Gasteiger partial charge in [-0.3, -0.25) is 4.79 Å². The number of aryl methyl sites for hydroxylation is 2. The minimum absolute atomic E-state index is 0.0131. The van der Waals surface area contributed by atoms with Gasteiger partial charge in [-0.1, -0.05) is 19.9 Å². The summed E-state index contributed by atoms with van der Waals surface area (Å²) < 4.78 is 0. The molecule has 0 saturated carbocycles. The average molecular weight is 246 g/mol. The predicted octanol–water partition coefficient (Wildman–Crippen LogP) is 1.89. The van der Waals surface area contributed by atoms with E-state index < -0.39 is 0 Å². The Morgan fingerprint density at radius 3 is 2.78 bits per heavy atom. The fraction of sp³-hybridized carbons (Fsp3) is 0.533. The van der Waals surface area contributed by atoms with E-state index in [0.29, 0.717) is 12.5 Å². The largest absolute Gasteiger partial charge is 0.350 e. The van der Waals surface area contributed by atoms with Gasteiger partial charge in [0.2, 0.25) is 0 Å². The quantitative estimate of drug-likeness (QED) is 0.852. The van der Waals surface area contributed by atoms with Crippen LogP contribution in [0.1, 0.15) is 41.8 Å². The Hall–Kier alpha value is -1.35. The van der Waals surface area contributed by atoms with Crippen LogP contribution in [0.3, 0.4) is 0 Å². The zero-order chi connectivity index (χ0) is 13.1. The Kier molecular flexibility index (Phi) is 4.02. The highest BCUT2D eigenvalue weighted by Gasteiger charge is 2.15. The van der Waals surface area contributed by atoms with Gasteiger partial charge in [-0.15, -0.1) is 0 Å². The molecule has 0 aliphatic heterocycles. The van der Waals surface area contributed by atoms with E-state index in [4.69, 9.17) is 5.73 Å². The molecule has 0 heterocycles. The summed E-state index contributed by atoms with van der Waals surface area (Å²) in [6, 6.07) is 6.04. The van der Waals surface area contributed by atoms with E-state index >= 15 is 0 Å². The summed E-state index contributed by atoms with van der Waals surface area (Å²) in [7, 11) is 0. The molecule has 1 amide bonds. The Labute approximate surface area is 109 Å². The molecule has 0 bridgehead atoms. The standard InChI is InChI=1S/C15H22N2O/c1-10(2)14(16)9-17-15(18)13-7-6-11-4-3-5-12(11)8-13/h6-8,10,14H,3-5,9,16H2,1-2H3,(H,17,18). The molecule has 0 spiro atoms. The molecule has 0 saturated heterocycles. The number of hydrogen-bond donors (Lipinski definition) is 2. The molecule has 3 heteroatoms. The molecular formula is C15H22N2O. The number of nitrogens with one attached hydrogen (secondary N) is 1. The van der Waals surface area contributed by atoms with Crippen molar-refractivity contribution in [2.75, 3.05) is 6.54 Å². The topological polar surface area (TPSA) is 55.1 Å². The molecule has 0 fully saturated rings. The molecule has 3 N–H and O–H groups in total. The third kappa shape index (κ3) is 2.91. The van der Waals surface area contributed by atoms with E-state index in [1.807, 2.05) is 12.1 Å². The molecule has 1 aromatic carbocycles. The van der Waals surface area contributed by atoms with Crippen molar-refractivity contribution in [1.29, 1.82) is 0 Å². The van der Waals surface area contributed by atoms with Gasteiger partial charge in [0.05, 0.1) is 0 Å². The Bertz CT molecular complexity index is 440. The summed E-state index contributed by atoms with van der Waals surface area (Å²) >= 11 is 0. The van der Waals surface area contributed by atoms with Crippen LogP contribution in [-0.4, -0.2) is 18.5 Å². The van der Waals surface area contributed by atoms with Gasteiger partial charge in [0.15, 0.2) is 0 Å². The molecule has 0 radical (unpaired) electrons. The summed E-state index contributed by atoms with van der Waals surface area (Å²) in [5.41, 5.74) is 9.40. The minimum Gasteiger partial charge on any atom is -0.350 e. The van der Waals surface area contributed by atoms with Crippen molar-refractivity contribution in [2.45, 2.75) is 39.2 Å². The second-order valence-corrected chi connectivity index (χ2v) is 5.45. The first-order valence-electron chi connectivity index (χ1n) is 6.73. The molecule has 3 nitrogen and oxygen atoms in total. The molecule has 1 aliphatic carbocycles. The van der Waals surface area contributed by atoms with Crippen LogP contribution < -0.4 is 11.1 Å². The van der Waals surface area contributed by atoms with E-state index in [1.54, 1.807) is 0 Å². The minimum atomic E-state index is -0.0131. The maximum absolute atomic E-state index is 12.0. The third-order valence-corrected chi connectivity index (χ3v) is 3.72. The molecule has 1 unspecified atom stereocenters. The third-order valence-electron chi connectivity index (χ3n) is 3.72. The molecule has 98 valence electrons. The second-order valence-electron chi connectivity index (χ2n) is 5.45. The fourth-order valence-corrected chi connectivity index (χ4v) is 2.26. The zero-order valence-corrected chi connectivity index (χ0v) is 11.2. The van der Waals surface area contributed by atoms with Crippen molar-refractivity contribution < 1.29 is 4.79 Å². The zero-order valence-electron chi connectivity index (χ0n) is 11.2. The van der Waals surface area contributed by atoms with Gasteiger partial charge in [-0.25, -0.2) is 0 Å². The van der Waals surface area contributed by atoms with Crippen molar-refractivity contribution >= 4 is 5.91 Å². The number of fused-ring (bicyclic) bond motifs is 1. The SMILES string of the molecule is CC(C)C(N)CNC(=O)c1ccc2c(c1)CCC2. The predicted molar refractivity (Wildman–Crippen MR) is 73.6 cm³/mol. The molecule has 0 aromatic heterocycles. The van der Waals surface area contributed by atoms with Crippen molar-refractivity contribution in [3.05, 3.63) is 34.9 Å². The van der Waals surface area contributed by atoms with Crippen molar-refractivity contribution in [1.82, 2.24) is 5.32 Å². The molecule has 2 rings (SSSR count). The molecule has 1 atom stereocenters. The van der Waals surface area contributed by atoms with Gasteiger partial charge in [0.25, 0.3) is 5.91 Å². The lowest BCUT2D eigenvalue weighted by Gasteiger charge is -2.16. The van der Waals surface area contributed by atoms with Crippen LogP contribution in [0, 0.1) is 5.92 Å². The van der Waals surface area contributed by atoms with Gasteiger partial charge >= 0.3 is 0 Å². The molecular weight excluding hydrogens is 224 g/mol. The normalized spacial score (nSPS) is 15.6. The Morgan fingerprint density at radius 1 is 1.33 bits per heavy atom. The maximum atomic E-state index is 12.0. The van der Waals surface area contributed by atoms with E-state index in [1.165, 1.54) is 17.5 Å². The first-order chi connectivity index (χ1) is 8.58. The van der Waals surface area contributed by atoms with Gasteiger partial charge in [0, 0.05) is 18.2 Å². The number of carbonyl (C=O) groups is 1.